The lowest BCUT2D eigenvalue weighted by atomic mass is 10.3. The number of sulfonamides is 1. The standard InChI is InChI=1S/C6H3ClF2O2S.C6H7NO2S/c7-12(10,11)6-2-1-4(8)3-5(6)9;7-10(8,9)6-4-2-1-3-5-6/h1-3H;1-5H,(H2,7,8,9). The van der Waals surface area contributed by atoms with Crippen LogP contribution in [0.15, 0.2) is 58.3 Å². The summed E-state index contributed by atoms with van der Waals surface area (Å²) < 4.78 is 67.3. The van der Waals surface area contributed by atoms with Gasteiger partial charge in [-0.1, -0.05) is 18.2 Å². The van der Waals surface area contributed by atoms with Gasteiger partial charge in [0.05, 0.1) is 4.90 Å². The maximum absolute atomic E-state index is 12.6. The number of rotatable bonds is 2. The van der Waals surface area contributed by atoms with Crippen molar-refractivity contribution in [1.29, 1.82) is 0 Å². The summed E-state index contributed by atoms with van der Waals surface area (Å²) in [5, 5.41) is 4.83. The maximum atomic E-state index is 12.6. The fourth-order valence-corrected chi connectivity index (χ4v) is 2.72. The second-order valence-corrected chi connectivity index (χ2v) is 7.97. The highest BCUT2D eigenvalue weighted by molar-refractivity contribution is 8.13. The summed E-state index contributed by atoms with van der Waals surface area (Å²) in [6, 6.07) is 9.93. The molecule has 0 unspecified atom stereocenters. The molecule has 2 rings (SSSR count). The van der Waals surface area contributed by atoms with Crippen LogP contribution in [0.2, 0.25) is 0 Å². The summed E-state index contributed by atoms with van der Waals surface area (Å²) in [6.45, 7) is 0. The third-order valence-corrected chi connectivity index (χ3v) is 4.51. The number of nitrogens with two attached hydrogens (primary N) is 1. The minimum Gasteiger partial charge on any atom is -0.225 e. The van der Waals surface area contributed by atoms with Crippen molar-refractivity contribution in [2.75, 3.05) is 0 Å². The Morgan fingerprint density at radius 2 is 1.45 bits per heavy atom. The van der Waals surface area contributed by atoms with Gasteiger partial charge in [0.15, 0.2) is 0 Å². The van der Waals surface area contributed by atoms with E-state index in [1.165, 1.54) is 12.1 Å². The van der Waals surface area contributed by atoms with Crippen molar-refractivity contribution in [1.82, 2.24) is 0 Å². The van der Waals surface area contributed by atoms with Crippen LogP contribution in [0.4, 0.5) is 8.78 Å². The SMILES string of the molecule is NS(=O)(=O)c1ccccc1.O=S(=O)(Cl)c1ccc(F)cc1F. The molecular weight excluding hydrogens is 360 g/mol. The second kappa shape index (κ2) is 7.14. The fraction of sp³-hybridized carbons (Fsp3) is 0. The lowest BCUT2D eigenvalue weighted by Gasteiger charge is -1.96. The van der Waals surface area contributed by atoms with E-state index < -0.39 is 35.6 Å². The Labute approximate surface area is 130 Å². The maximum Gasteiger partial charge on any atom is 0.264 e. The highest BCUT2D eigenvalue weighted by Crippen LogP contribution is 2.19. The molecule has 10 heteroatoms. The number of benzene rings is 2. The highest BCUT2D eigenvalue weighted by atomic mass is 35.7. The summed E-state index contributed by atoms with van der Waals surface area (Å²) in [4.78, 5) is -0.569. The molecule has 0 aliphatic rings. The van der Waals surface area contributed by atoms with Gasteiger partial charge in [0.2, 0.25) is 10.0 Å². The highest BCUT2D eigenvalue weighted by Gasteiger charge is 2.15. The Balaban J connectivity index is 0.000000224. The van der Waals surface area contributed by atoms with Crippen LogP contribution in [0.3, 0.4) is 0 Å². The molecule has 22 heavy (non-hydrogen) atoms. The monoisotopic (exact) mass is 369 g/mol. The largest absolute Gasteiger partial charge is 0.264 e. The molecule has 0 heterocycles. The minimum atomic E-state index is -4.12. The van der Waals surface area contributed by atoms with Gasteiger partial charge in [-0.25, -0.2) is 30.8 Å². The van der Waals surface area contributed by atoms with Crippen molar-refractivity contribution in [3.63, 3.8) is 0 Å². The van der Waals surface area contributed by atoms with E-state index in [9.17, 15) is 25.6 Å². The first-order chi connectivity index (χ1) is 10.0. The van der Waals surface area contributed by atoms with E-state index in [0.29, 0.717) is 6.07 Å². The quantitative estimate of drug-likeness (QED) is 0.821. The topological polar surface area (TPSA) is 94.3 Å². The number of hydrogen-bond acceptors (Lipinski definition) is 4. The van der Waals surface area contributed by atoms with E-state index in [4.69, 9.17) is 15.8 Å². The second-order valence-electron chi connectivity index (χ2n) is 3.87. The zero-order valence-corrected chi connectivity index (χ0v) is 13.2. The lowest BCUT2D eigenvalue weighted by Crippen LogP contribution is -2.11. The van der Waals surface area contributed by atoms with Crippen LogP contribution < -0.4 is 5.14 Å². The Kier molecular flexibility index (Phi) is 6.00. The minimum absolute atomic E-state index is 0.148. The van der Waals surface area contributed by atoms with Crippen LogP contribution >= 0.6 is 10.7 Å². The molecule has 0 amide bonds. The van der Waals surface area contributed by atoms with Crippen molar-refractivity contribution in [3.05, 3.63) is 60.2 Å². The molecule has 0 radical (unpaired) electrons. The molecule has 0 bridgehead atoms. The lowest BCUT2D eigenvalue weighted by molar-refractivity contribution is 0.553. The molecule has 0 aliphatic carbocycles. The number of hydrogen-bond donors (Lipinski definition) is 1. The van der Waals surface area contributed by atoms with Crippen molar-refractivity contribution in [2.24, 2.45) is 5.14 Å². The first-order valence-corrected chi connectivity index (χ1v) is 9.35. The van der Waals surface area contributed by atoms with E-state index in [-0.39, 0.29) is 4.90 Å². The Morgan fingerprint density at radius 1 is 0.909 bits per heavy atom. The Bertz CT molecular complexity index is 856. The third kappa shape index (κ3) is 5.68. The van der Waals surface area contributed by atoms with E-state index in [2.05, 4.69) is 0 Å². The van der Waals surface area contributed by atoms with Crippen molar-refractivity contribution in [3.8, 4) is 0 Å². The van der Waals surface area contributed by atoms with Crippen LogP contribution in [-0.2, 0) is 19.1 Å². The predicted molar refractivity (Wildman–Crippen MR) is 77.2 cm³/mol. The number of halogens is 3. The molecule has 2 N–H and O–H groups in total. The van der Waals surface area contributed by atoms with Gasteiger partial charge in [0.1, 0.15) is 16.5 Å². The summed E-state index contributed by atoms with van der Waals surface area (Å²) in [5.41, 5.74) is 0. The van der Waals surface area contributed by atoms with Crippen LogP contribution in [0.5, 0.6) is 0 Å². The van der Waals surface area contributed by atoms with Gasteiger partial charge < -0.3 is 0 Å². The van der Waals surface area contributed by atoms with Gasteiger partial charge in [-0.15, -0.1) is 0 Å². The van der Waals surface area contributed by atoms with Crippen LogP contribution in [0.1, 0.15) is 0 Å². The van der Waals surface area contributed by atoms with Gasteiger partial charge >= 0.3 is 0 Å². The van der Waals surface area contributed by atoms with Gasteiger partial charge in [-0.3, -0.25) is 0 Å². The zero-order chi connectivity index (χ0) is 17.0. The Hall–Kier alpha value is -1.55. The summed E-state index contributed by atoms with van der Waals surface area (Å²) >= 11 is 0. The molecule has 0 fully saturated rings. The van der Waals surface area contributed by atoms with E-state index in [0.717, 1.165) is 12.1 Å². The molecule has 0 atom stereocenters. The third-order valence-electron chi connectivity index (χ3n) is 2.23. The van der Waals surface area contributed by atoms with Crippen molar-refractivity contribution >= 4 is 29.8 Å². The molecule has 5 nitrogen and oxygen atoms in total. The molecule has 2 aromatic carbocycles. The molecular formula is C12H10ClF2NO4S2. The average molecular weight is 370 g/mol. The smallest absolute Gasteiger partial charge is 0.225 e. The molecule has 2 aromatic rings. The van der Waals surface area contributed by atoms with Crippen LogP contribution in [0, 0.1) is 11.6 Å². The summed E-state index contributed by atoms with van der Waals surface area (Å²) in [6.07, 6.45) is 0. The van der Waals surface area contributed by atoms with Crippen molar-refractivity contribution in [2.45, 2.75) is 9.79 Å². The first-order valence-electron chi connectivity index (χ1n) is 5.49. The average Bonchev–Trinajstić information content (AvgIpc) is 2.38. The van der Waals surface area contributed by atoms with Crippen LogP contribution in [0.25, 0.3) is 0 Å². The number of primary sulfonamides is 1. The summed E-state index contributed by atoms with van der Waals surface area (Å²) in [5.74, 6) is -2.04. The van der Waals surface area contributed by atoms with Gasteiger partial charge in [-0.2, -0.15) is 0 Å². The molecule has 0 saturated carbocycles. The van der Waals surface area contributed by atoms with E-state index >= 15 is 0 Å². The molecule has 0 aliphatic heterocycles. The normalized spacial score (nSPS) is 11.5. The van der Waals surface area contributed by atoms with Crippen molar-refractivity contribution < 1.29 is 25.6 Å². The van der Waals surface area contributed by atoms with E-state index in [1.807, 2.05) is 0 Å². The predicted octanol–water partition coefficient (Wildman–Crippen LogP) is 2.23. The summed E-state index contributed by atoms with van der Waals surface area (Å²) in [7, 11) is -2.80. The Morgan fingerprint density at radius 3 is 1.82 bits per heavy atom. The first kappa shape index (κ1) is 18.5. The van der Waals surface area contributed by atoms with Gasteiger partial charge in [0, 0.05) is 16.7 Å². The molecule has 0 aromatic heterocycles. The van der Waals surface area contributed by atoms with Gasteiger partial charge in [-0.05, 0) is 24.3 Å². The molecule has 0 saturated heterocycles. The van der Waals surface area contributed by atoms with Crippen LogP contribution in [-0.4, -0.2) is 16.8 Å². The molecule has 120 valence electrons. The fourth-order valence-electron chi connectivity index (χ4n) is 1.28. The molecule has 0 spiro atoms. The zero-order valence-electron chi connectivity index (χ0n) is 10.8. The van der Waals surface area contributed by atoms with E-state index in [1.54, 1.807) is 18.2 Å². The van der Waals surface area contributed by atoms with Gasteiger partial charge in [0.25, 0.3) is 9.05 Å².